The van der Waals surface area contributed by atoms with E-state index in [2.05, 4.69) is 26.2 Å². The number of pyridine rings is 1. The lowest BCUT2D eigenvalue weighted by atomic mass is 10.3. The fourth-order valence-electron chi connectivity index (χ4n) is 1.52. The molecule has 0 saturated heterocycles. The molecule has 0 amide bonds. The molecule has 0 aliphatic heterocycles. The number of halogens is 1. The molecule has 5 heteroatoms. The van der Waals surface area contributed by atoms with Gasteiger partial charge in [-0.3, -0.25) is 0 Å². The van der Waals surface area contributed by atoms with E-state index in [9.17, 15) is 0 Å². The van der Waals surface area contributed by atoms with Crippen LogP contribution in [-0.2, 0) is 0 Å². The Morgan fingerprint density at radius 2 is 1.84 bits per heavy atom. The number of ether oxygens (including phenoxy) is 1. The maximum atomic E-state index is 5.83. The molecule has 3 N–H and O–H groups in total. The summed E-state index contributed by atoms with van der Waals surface area (Å²) in [5, 5.41) is 3.20. The van der Waals surface area contributed by atoms with Crippen LogP contribution in [0.5, 0.6) is 5.88 Å². The fraction of sp³-hybridized carbons (Fsp3) is 0.214. The van der Waals surface area contributed by atoms with E-state index < -0.39 is 0 Å². The van der Waals surface area contributed by atoms with Gasteiger partial charge in [-0.05, 0) is 50.2 Å². The molecule has 0 bridgehead atoms. The molecule has 4 nitrogen and oxygen atoms in total. The first-order chi connectivity index (χ1) is 9.04. The van der Waals surface area contributed by atoms with E-state index in [4.69, 9.17) is 10.5 Å². The smallest absolute Gasteiger partial charge is 0.239 e. The Labute approximate surface area is 121 Å². The Balaban J connectivity index is 2.18. The first kappa shape index (κ1) is 13.7. The summed E-state index contributed by atoms with van der Waals surface area (Å²) >= 11 is 3.40. The average molecular weight is 322 g/mol. The lowest BCUT2D eigenvalue weighted by Crippen LogP contribution is -2.09. The van der Waals surface area contributed by atoms with Gasteiger partial charge in [0.25, 0.3) is 0 Å². The molecule has 0 atom stereocenters. The molecule has 0 aliphatic rings. The van der Waals surface area contributed by atoms with Crippen LogP contribution < -0.4 is 15.8 Å². The maximum absolute atomic E-state index is 5.83. The van der Waals surface area contributed by atoms with Gasteiger partial charge in [-0.25, -0.2) is 0 Å². The van der Waals surface area contributed by atoms with Crippen LogP contribution >= 0.6 is 15.9 Å². The monoisotopic (exact) mass is 321 g/mol. The number of nitrogens with zero attached hydrogens (tertiary/aromatic N) is 1. The van der Waals surface area contributed by atoms with Gasteiger partial charge in [-0.1, -0.05) is 15.9 Å². The number of hydrogen-bond acceptors (Lipinski definition) is 4. The molecule has 1 heterocycles. The minimum Gasteiger partial charge on any atom is -0.473 e. The molecule has 0 fully saturated rings. The van der Waals surface area contributed by atoms with Crippen molar-refractivity contribution in [2.45, 2.75) is 20.0 Å². The van der Waals surface area contributed by atoms with E-state index in [0.717, 1.165) is 10.2 Å². The topological polar surface area (TPSA) is 60.2 Å². The number of nitrogens with one attached hydrogen (secondary N) is 1. The Bertz CT molecular complexity index is 555. The van der Waals surface area contributed by atoms with Crippen LogP contribution in [0, 0.1) is 0 Å². The van der Waals surface area contributed by atoms with Crippen molar-refractivity contribution in [3.8, 4) is 5.88 Å². The molecule has 2 rings (SSSR count). The standard InChI is InChI=1S/C14H16BrN3O/c1-9(2)19-14-12(16)7-8-13(18-14)17-11-5-3-10(15)4-6-11/h3-9H,16H2,1-2H3,(H,17,18). The quantitative estimate of drug-likeness (QED) is 0.894. The third-order valence-electron chi connectivity index (χ3n) is 2.35. The van der Waals surface area contributed by atoms with E-state index in [0.29, 0.717) is 17.4 Å². The van der Waals surface area contributed by atoms with Gasteiger partial charge < -0.3 is 15.8 Å². The maximum Gasteiger partial charge on any atom is 0.239 e. The van der Waals surface area contributed by atoms with E-state index in [1.165, 1.54) is 0 Å². The van der Waals surface area contributed by atoms with Crippen LogP contribution in [0.1, 0.15) is 13.8 Å². The SMILES string of the molecule is CC(C)Oc1nc(Nc2ccc(Br)cc2)ccc1N. The van der Waals surface area contributed by atoms with Gasteiger partial charge in [-0.15, -0.1) is 0 Å². The first-order valence-electron chi connectivity index (χ1n) is 6.00. The molecular weight excluding hydrogens is 306 g/mol. The molecule has 2 aromatic rings. The predicted octanol–water partition coefficient (Wildman–Crippen LogP) is 3.96. The first-order valence-corrected chi connectivity index (χ1v) is 6.79. The van der Waals surface area contributed by atoms with Gasteiger partial charge in [0.2, 0.25) is 5.88 Å². The molecule has 0 radical (unpaired) electrons. The Morgan fingerprint density at radius 1 is 1.16 bits per heavy atom. The normalized spacial score (nSPS) is 10.5. The third kappa shape index (κ3) is 3.86. The molecule has 1 aromatic heterocycles. The summed E-state index contributed by atoms with van der Waals surface area (Å²) in [4.78, 5) is 4.36. The third-order valence-corrected chi connectivity index (χ3v) is 2.88. The number of nitrogens with two attached hydrogens (primary N) is 1. The zero-order chi connectivity index (χ0) is 13.8. The summed E-state index contributed by atoms with van der Waals surface area (Å²) < 4.78 is 6.59. The predicted molar refractivity (Wildman–Crippen MR) is 81.8 cm³/mol. The van der Waals surface area contributed by atoms with Crippen molar-refractivity contribution < 1.29 is 4.74 Å². The zero-order valence-corrected chi connectivity index (χ0v) is 12.4. The zero-order valence-electron chi connectivity index (χ0n) is 10.9. The van der Waals surface area contributed by atoms with Crippen LogP contribution in [0.3, 0.4) is 0 Å². The molecule has 0 saturated carbocycles. The van der Waals surface area contributed by atoms with Crippen LogP contribution in [-0.4, -0.2) is 11.1 Å². The van der Waals surface area contributed by atoms with Crippen molar-refractivity contribution in [3.63, 3.8) is 0 Å². The van der Waals surface area contributed by atoms with Crippen molar-refractivity contribution in [1.29, 1.82) is 0 Å². The van der Waals surface area contributed by atoms with Gasteiger partial charge in [0.05, 0.1) is 11.8 Å². The Hall–Kier alpha value is -1.75. The van der Waals surface area contributed by atoms with E-state index in [1.54, 1.807) is 6.07 Å². The summed E-state index contributed by atoms with van der Waals surface area (Å²) in [5.41, 5.74) is 7.32. The molecule has 0 aliphatic carbocycles. The number of nitrogen functional groups attached to an aromatic ring is 1. The summed E-state index contributed by atoms with van der Waals surface area (Å²) in [5.74, 6) is 1.16. The highest BCUT2D eigenvalue weighted by Gasteiger charge is 2.06. The van der Waals surface area contributed by atoms with Gasteiger partial charge in [-0.2, -0.15) is 4.98 Å². The number of benzene rings is 1. The minimum atomic E-state index is 0.0396. The van der Waals surface area contributed by atoms with Crippen LogP contribution in [0.4, 0.5) is 17.2 Å². The van der Waals surface area contributed by atoms with Crippen LogP contribution in [0.2, 0.25) is 0 Å². The van der Waals surface area contributed by atoms with E-state index in [-0.39, 0.29) is 6.10 Å². The summed E-state index contributed by atoms with van der Waals surface area (Å²) in [6.45, 7) is 3.88. The highest BCUT2D eigenvalue weighted by atomic mass is 79.9. The largest absolute Gasteiger partial charge is 0.473 e. The highest BCUT2D eigenvalue weighted by Crippen LogP contribution is 2.24. The highest BCUT2D eigenvalue weighted by molar-refractivity contribution is 9.10. The summed E-state index contributed by atoms with van der Waals surface area (Å²) in [7, 11) is 0. The molecule has 19 heavy (non-hydrogen) atoms. The van der Waals surface area contributed by atoms with Gasteiger partial charge in [0.15, 0.2) is 0 Å². The number of anilines is 3. The van der Waals surface area contributed by atoms with Gasteiger partial charge in [0.1, 0.15) is 5.82 Å². The van der Waals surface area contributed by atoms with Crippen LogP contribution in [0.25, 0.3) is 0 Å². The minimum absolute atomic E-state index is 0.0396. The van der Waals surface area contributed by atoms with E-state index >= 15 is 0 Å². The van der Waals surface area contributed by atoms with Crippen LogP contribution in [0.15, 0.2) is 40.9 Å². The molecular formula is C14H16BrN3O. The van der Waals surface area contributed by atoms with Crippen molar-refractivity contribution in [2.75, 3.05) is 11.1 Å². The van der Waals surface area contributed by atoms with Crippen molar-refractivity contribution in [2.24, 2.45) is 0 Å². The van der Waals surface area contributed by atoms with Gasteiger partial charge in [0, 0.05) is 10.2 Å². The Kier molecular flexibility index (Phi) is 4.27. The molecule has 0 unspecified atom stereocenters. The number of hydrogen-bond donors (Lipinski definition) is 2. The van der Waals surface area contributed by atoms with Crippen molar-refractivity contribution in [3.05, 3.63) is 40.9 Å². The second-order valence-electron chi connectivity index (χ2n) is 4.39. The second kappa shape index (κ2) is 5.93. The average Bonchev–Trinajstić information content (AvgIpc) is 2.36. The molecule has 100 valence electrons. The molecule has 0 spiro atoms. The lowest BCUT2D eigenvalue weighted by Gasteiger charge is -2.13. The van der Waals surface area contributed by atoms with Gasteiger partial charge >= 0.3 is 0 Å². The summed E-state index contributed by atoms with van der Waals surface area (Å²) in [6.07, 6.45) is 0.0396. The van der Waals surface area contributed by atoms with Crippen molar-refractivity contribution in [1.82, 2.24) is 4.98 Å². The van der Waals surface area contributed by atoms with E-state index in [1.807, 2.05) is 44.2 Å². The Morgan fingerprint density at radius 3 is 2.47 bits per heavy atom. The number of rotatable bonds is 4. The molecule has 1 aromatic carbocycles. The number of aromatic nitrogens is 1. The van der Waals surface area contributed by atoms with Crippen molar-refractivity contribution >= 4 is 33.1 Å². The summed E-state index contributed by atoms with van der Waals surface area (Å²) in [6, 6.07) is 11.5. The second-order valence-corrected chi connectivity index (χ2v) is 5.31. The lowest BCUT2D eigenvalue weighted by molar-refractivity contribution is 0.234. The fourth-order valence-corrected chi connectivity index (χ4v) is 1.78.